The van der Waals surface area contributed by atoms with Gasteiger partial charge in [-0.2, -0.15) is 18.3 Å². The van der Waals surface area contributed by atoms with Gasteiger partial charge < -0.3 is 4.98 Å². The van der Waals surface area contributed by atoms with Crippen molar-refractivity contribution in [2.45, 2.75) is 13.1 Å². The number of H-pyrrole nitrogens is 1. The Kier molecular flexibility index (Phi) is 3.24. The van der Waals surface area contributed by atoms with Gasteiger partial charge in [-0.15, -0.1) is 0 Å². The van der Waals surface area contributed by atoms with Crippen molar-refractivity contribution in [2.75, 3.05) is 0 Å². The van der Waals surface area contributed by atoms with Gasteiger partial charge in [-0.25, -0.2) is 14.1 Å². The molecule has 0 saturated heterocycles. The molecule has 0 amide bonds. The van der Waals surface area contributed by atoms with Crippen molar-refractivity contribution in [1.29, 1.82) is 0 Å². The summed E-state index contributed by atoms with van der Waals surface area (Å²) in [5, 5.41) is 4.43. The minimum absolute atomic E-state index is 0.0235. The molecule has 0 saturated carbocycles. The van der Waals surface area contributed by atoms with Crippen LogP contribution in [0.4, 0.5) is 17.6 Å². The average Bonchev–Trinajstić information content (AvgIpc) is 2.75. The highest BCUT2D eigenvalue weighted by molar-refractivity contribution is 7.71. The Morgan fingerprint density at radius 2 is 2.00 bits per heavy atom. The van der Waals surface area contributed by atoms with Crippen molar-refractivity contribution in [3.63, 3.8) is 0 Å². The summed E-state index contributed by atoms with van der Waals surface area (Å²) in [6.07, 6.45) is -4.67. The first-order chi connectivity index (χ1) is 10.3. The van der Waals surface area contributed by atoms with E-state index in [9.17, 15) is 17.6 Å². The average molecular weight is 328 g/mol. The van der Waals surface area contributed by atoms with E-state index in [0.717, 1.165) is 6.07 Å². The normalized spacial score (nSPS) is 12.0. The summed E-state index contributed by atoms with van der Waals surface area (Å²) in [5.41, 5.74) is 0.709. The highest BCUT2D eigenvalue weighted by Gasteiger charge is 2.34. The molecule has 0 atom stereocenters. The van der Waals surface area contributed by atoms with Crippen LogP contribution in [0.15, 0.2) is 24.3 Å². The first-order valence-corrected chi connectivity index (χ1v) is 6.51. The third kappa shape index (κ3) is 2.37. The van der Waals surface area contributed by atoms with E-state index in [1.165, 1.54) is 22.9 Å². The van der Waals surface area contributed by atoms with Crippen molar-refractivity contribution in [1.82, 2.24) is 19.7 Å². The molecule has 4 nitrogen and oxygen atoms in total. The highest BCUT2D eigenvalue weighted by Crippen LogP contribution is 2.29. The molecule has 22 heavy (non-hydrogen) atoms. The third-order valence-corrected chi connectivity index (χ3v) is 3.34. The van der Waals surface area contributed by atoms with Crippen molar-refractivity contribution >= 4 is 23.3 Å². The highest BCUT2D eigenvalue weighted by atomic mass is 32.1. The number of benzene rings is 1. The first-order valence-electron chi connectivity index (χ1n) is 6.10. The quantitative estimate of drug-likeness (QED) is 0.543. The van der Waals surface area contributed by atoms with Crippen molar-refractivity contribution < 1.29 is 17.6 Å². The number of aromatic amines is 1. The fraction of sp³-hybridized carbons (Fsp3) is 0.154. The summed E-state index contributed by atoms with van der Waals surface area (Å²) in [6.45, 7) is 1.59. The lowest BCUT2D eigenvalue weighted by molar-refractivity contribution is -0.144. The third-order valence-electron chi connectivity index (χ3n) is 3.05. The summed E-state index contributed by atoms with van der Waals surface area (Å²) in [7, 11) is 0. The Labute approximate surface area is 126 Å². The molecule has 2 aromatic heterocycles. The number of nitrogens with one attached hydrogen (secondary N) is 1. The van der Waals surface area contributed by atoms with Gasteiger partial charge in [0.05, 0.1) is 16.8 Å². The Morgan fingerprint density at radius 3 is 2.64 bits per heavy atom. The molecule has 0 spiro atoms. The van der Waals surface area contributed by atoms with Crippen LogP contribution in [0.25, 0.3) is 16.7 Å². The number of hydrogen-bond acceptors (Lipinski definition) is 3. The van der Waals surface area contributed by atoms with Crippen LogP contribution in [-0.4, -0.2) is 19.7 Å². The SMILES string of the molecule is Cc1nn(-c2cccc(F)c2)c2[nH]c(C(F)(F)F)nc(=S)c12. The monoisotopic (exact) mass is 328 g/mol. The van der Waals surface area contributed by atoms with Gasteiger partial charge >= 0.3 is 6.18 Å². The Balaban J connectivity index is 2.37. The molecule has 2 heterocycles. The summed E-state index contributed by atoms with van der Waals surface area (Å²) < 4.78 is 52.9. The second-order valence-corrected chi connectivity index (χ2v) is 4.98. The maximum absolute atomic E-state index is 13.3. The number of alkyl halides is 3. The minimum atomic E-state index is -4.67. The van der Waals surface area contributed by atoms with Crippen LogP contribution in [0.5, 0.6) is 0 Å². The van der Waals surface area contributed by atoms with Crippen LogP contribution in [0.1, 0.15) is 11.5 Å². The Morgan fingerprint density at radius 1 is 1.27 bits per heavy atom. The number of hydrogen-bond donors (Lipinski definition) is 1. The lowest BCUT2D eigenvalue weighted by Gasteiger charge is -2.08. The molecule has 0 bridgehead atoms. The van der Waals surface area contributed by atoms with E-state index >= 15 is 0 Å². The predicted molar refractivity (Wildman–Crippen MR) is 73.7 cm³/mol. The fourth-order valence-corrected chi connectivity index (χ4v) is 2.46. The van der Waals surface area contributed by atoms with Gasteiger partial charge in [-0.1, -0.05) is 18.3 Å². The van der Waals surface area contributed by atoms with Crippen LogP contribution in [-0.2, 0) is 6.18 Å². The zero-order chi connectivity index (χ0) is 16.1. The molecule has 3 aromatic rings. The van der Waals surface area contributed by atoms with Crippen LogP contribution < -0.4 is 0 Å². The van der Waals surface area contributed by atoms with E-state index in [-0.39, 0.29) is 16.0 Å². The van der Waals surface area contributed by atoms with Gasteiger partial charge in [-0.3, -0.25) is 0 Å². The summed E-state index contributed by atoms with van der Waals surface area (Å²) >= 11 is 4.93. The second-order valence-electron chi connectivity index (χ2n) is 4.59. The van der Waals surface area contributed by atoms with E-state index < -0.39 is 17.8 Å². The lowest BCUT2D eigenvalue weighted by atomic mass is 10.3. The molecule has 0 fully saturated rings. The lowest BCUT2D eigenvalue weighted by Crippen LogP contribution is -2.12. The van der Waals surface area contributed by atoms with E-state index in [2.05, 4.69) is 15.1 Å². The molecule has 9 heteroatoms. The van der Waals surface area contributed by atoms with E-state index in [0.29, 0.717) is 11.1 Å². The molecular weight excluding hydrogens is 320 g/mol. The van der Waals surface area contributed by atoms with Crippen LogP contribution >= 0.6 is 12.2 Å². The molecule has 0 aliphatic heterocycles. The summed E-state index contributed by atoms with van der Waals surface area (Å²) in [5.74, 6) is -1.75. The Bertz CT molecular complexity index is 926. The maximum Gasteiger partial charge on any atom is 0.449 e. The van der Waals surface area contributed by atoms with Gasteiger partial charge in [0.2, 0.25) is 5.82 Å². The number of aromatic nitrogens is 4. The molecule has 0 radical (unpaired) electrons. The van der Waals surface area contributed by atoms with Gasteiger partial charge in [0, 0.05) is 0 Å². The van der Waals surface area contributed by atoms with Crippen LogP contribution in [0.2, 0.25) is 0 Å². The number of aryl methyl sites for hydroxylation is 1. The van der Waals surface area contributed by atoms with Crippen molar-refractivity contribution in [2.24, 2.45) is 0 Å². The zero-order valence-electron chi connectivity index (χ0n) is 11.1. The number of halogens is 4. The predicted octanol–water partition coefficient (Wildman–Crippen LogP) is 3.94. The van der Waals surface area contributed by atoms with E-state index in [1.807, 2.05) is 0 Å². The number of nitrogens with zero attached hydrogens (tertiary/aromatic N) is 3. The maximum atomic E-state index is 13.3. The van der Waals surface area contributed by atoms with Crippen molar-refractivity contribution in [3.8, 4) is 5.69 Å². The number of fused-ring (bicyclic) bond motifs is 1. The van der Waals surface area contributed by atoms with Crippen molar-refractivity contribution in [3.05, 3.63) is 46.2 Å². The van der Waals surface area contributed by atoms with E-state index in [1.54, 1.807) is 6.92 Å². The fourth-order valence-electron chi connectivity index (χ4n) is 2.13. The van der Waals surface area contributed by atoms with Gasteiger partial charge in [-0.05, 0) is 25.1 Å². The molecule has 0 aliphatic rings. The van der Waals surface area contributed by atoms with Gasteiger partial charge in [0.25, 0.3) is 0 Å². The molecule has 1 aromatic carbocycles. The molecule has 3 rings (SSSR count). The molecule has 1 N–H and O–H groups in total. The van der Waals surface area contributed by atoms with Gasteiger partial charge in [0.15, 0.2) is 0 Å². The second kappa shape index (κ2) is 4.87. The van der Waals surface area contributed by atoms with Crippen LogP contribution in [0.3, 0.4) is 0 Å². The first kappa shape index (κ1) is 14.6. The summed E-state index contributed by atoms with van der Waals surface area (Å²) in [6, 6.07) is 5.36. The number of rotatable bonds is 1. The molecule has 114 valence electrons. The summed E-state index contributed by atoms with van der Waals surface area (Å²) in [4.78, 5) is 5.56. The molecular formula is C13H8F4N4S. The smallest absolute Gasteiger partial charge is 0.320 e. The minimum Gasteiger partial charge on any atom is -0.320 e. The van der Waals surface area contributed by atoms with Crippen LogP contribution in [0, 0.1) is 17.4 Å². The van der Waals surface area contributed by atoms with Gasteiger partial charge in [0.1, 0.15) is 16.1 Å². The topological polar surface area (TPSA) is 46.5 Å². The standard InChI is InChI=1S/C13H8F4N4S/c1-6-9-10(18-12(13(15,16)17)19-11(9)22)21(20-6)8-4-2-3-7(14)5-8/h2-5H,1H3,(H,18,19,22). The van der Waals surface area contributed by atoms with E-state index in [4.69, 9.17) is 12.2 Å². The molecule has 0 unspecified atom stereocenters. The largest absolute Gasteiger partial charge is 0.449 e. The molecule has 0 aliphatic carbocycles. The zero-order valence-corrected chi connectivity index (χ0v) is 11.9. The Hall–Kier alpha value is -2.29.